The molecule has 1 atom stereocenters. The SMILES string of the molecule is COc1cc([C@@H]2C(C#N)=C(N)Oc3cc(O)ccc32)ccc1OCc1cccc2ccccc12. The number of aromatic hydroxyl groups is 1. The van der Waals surface area contributed by atoms with E-state index in [1.807, 2.05) is 42.5 Å². The van der Waals surface area contributed by atoms with Crippen molar-refractivity contribution in [3.8, 4) is 29.1 Å². The third-order valence-corrected chi connectivity index (χ3v) is 5.99. The highest BCUT2D eigenvalue weighted by Crippen LogP contribution is 2.45. The maximum absolute atomic E-state index is 9.85. The smallest absolute Gasteiger partial charge is 0.205 e. The zero-order valence-electron chi connectivity index (χ0n) is 18.5. The van der Waals surface area contributed by atoms with E-state index < -0.39 is 5.92 Å². The molecule has 0 aliphatic carbocycles. The van der Waals surface area contributed by atoms with Crippen molar-refractivity contribution in [2.75, 3.05) is 7.11 Å². The Morgan fingerprint density at radius 1 is 1.00 bits per heavy atom. The maximum Gasteiger partial charge on any atom is 0.205 e. The molecule has 0 saturated carbocycles. The first kappa shape index (κ1) is 21.2. The van der Waals surface area contributed by atoms with Crippen molar-refractivity contribution < 1.29 is 19.3 Å². The molecule has 6 nitrogen and oxygen atoms in total. The third kappa shape index (κ3) is 3.74. The molecule has 0 bridgehead atoms. The summed E-state index contributed by atoms with van der Waals surface area (Å²) in [4.78, 5) is 0. The molecule has 0 radical (unpaired) electrons. The van der Waals surface area contributed by atoms with Crippen molar-refractivity contribution in [3.63, 3.8) is 0 Å². The molecule has 1 aliphatic rings. The topological polar surface area (TPSA) is 97.7 Å². The van der Waals surface area contributed by atoms with Crippen LogP contribution in [0, 0.1) is 11.3 Å². The molecule has 0 fully saturated rings. The summed E-state index contributed by atoms with van der Waals surface area (Å²) in [6.07, 6.45) is 0. The van der Waals surface area contributed by atoms with Gasteiger partial charge in [-0.05, 0) is 40.1 Å². The van der Waals surface area contributed by atoms with E-state index in [9.17, 15) is 10.4 Å². The summed E-state index contributed by atoms with van der Waals surface area (Å²) in [7, 11) is 1.58. The van der Waals surface area contributed by atoms with Crippen LogP contribution in [0.4, 0.5) is 0 Å². The second kappa shape index (κ2) is 8.72. The minimum absolute atomic E-state index is 0.0147. The first-order valence-corrected chi connectivity index (χ1v) is 10.8. The summed E-state index contributed by atoms with van der Waals surface area (Å²) in [5.41, 5.74) is 8.93. The number of nitrogens with zero attached hydrogens (tertiary/aromatic N) is 1. The van der Waals surface area contributed by atoms with Crippen molar-refractivity contribution in [1.29, 1.82) is 5.26 Å². The van der Waals surface area contributed by atoms with Crippen molar-refractivity contribution in [2.24, 2.45) is 5.73 Å². The molecule has 3 N–H and O–H groups in total. The molecule has 6 heteroatoms. The highest BCUT2D eigenvalue weighted by atomic mass is 16.5. The van der Waals surface area contributed by atoms with Crippen LogP contribution >= 0.6 is 0 Å². The number of nitrogens with two attached hydrogens (primary N) is 1. The van der Waals surface area contributed by atoms with Crippen LogP contribution < -0.4 is 19.9 Å². The number of benzene rings is 4. The number of hydrogen-bond acceptors (Lipinski definition) is 6. The fourth-order valence-corrected chi connectivity index (χ4v) is 4.34. The first-order chi connectivity index (χ1) is 16.6. The molecule has 5 rings (SSSR count). The van der Waals surface area contributed by atoms with Crippen LogP contribution in [-0.2, 0) is 6.61 Å². The fourth-order valence-electron chi connectivity index (χ4n) is 4.34. The lowest BCUT2D eigenvalue weighted by Crippen LogP contribution is -2.21. The van der Waals surface area contributed by atoms with Gasteiger partial charge in [-0.1, -0.05) is 54.6 Å². The van der Waals surface area contributed by atoms with Gasteiger partial charge < -0.3 is 25.1 Å². The lowest BCUT2D eigenvalue weighted by molar-refractivity contribution is 0.285. The third-order valence-electron chi connectivity index (χ3n) is 5.99. The lowest BCUT2D eigenvalue weighted by atomic mass is 9.83. The van der Waals surface area contributed by atoms with Gasteiger partial charge in [-0.15, -0.1) is 0 Å². The number of fused-ring (bicyclic) bond motifs is 2. The molecule has 168 valence electrons. The van der Waals surface area contributed by atoms with E-state index in [4.69, 9.17) is 19.9 Å². The summed E-state index contributed by atoms with van der Waals surface area (Å²) in [6.45, 7) is 0.382. The minimum Gasteiger partial charge on any atom is -0.508 e. The van der Waals surface area contributed by atoms with Gasteiger partial charge in [0.1, 0.15) is 29.7 Å². The Balaban J connectivity index is 1.49. The van der Waals surface area contributed by atoms with E-state index in [2.05, 4.69) is 24.3 Å². The quantitative estimate of drug-likeness (QED) is 0.425. The average Bonchev–Trinajstić information content (AvgIpc) is 2.86. The number of ether oxygens (including phenoxy) is 3. The average molecular weight is 450 g/mol. The molecular formula is C28H22N2O4. The molecule has 0 spiro atoms. The van der Waals surface area contributed by atoms with Crippen LogP contribution in [0.1, 0.15) is 22.6 Å². The van der Waals surface area contributed by atoms with Crippen molar-refractivity contribution >= 4 is 10.8 Å². The Hall–Kier alpha value is -4.63. The number of phenolic OH excluding ortho intramolecular Hbond substituents is 1. The molecule has 0 saturated heterocycles. The monoisotopic (exact) mass is 450 g/mol. The van der Waals surface area contributed by atoms with E-state index >= 15 is 0 Å². The highest BCUT2D eigenvalue weighted by molar-refractivity contribution is 5.85. The van der Waals surface area contributed by atoms with Gasteiger partial charge in [0, 0.05) is 11.6 Å². The second-order valence-electron chi connectivity index (χ2n) is 7.98. The fraction of sp³-hybridized carbons (Fsp3) is 0.107. The summed E-state index contributed by atoms with van der Waals surface area (Å²) >= 11 is 0. The standard InChI is InChI=1S/C28H22N2O4/c1-32-26-13-18(27-22-11-10-20(31)14-25(22)34-28(30)23(27)15-29)9-12-24(26)33-16-19-7-4-6-17-5-2-3-8-21(17)19/h2-14,27,31H,16,30H2,1H3/t27-/m0/s1. The predicted octanol–water partition coefficient (Wildman–Crippen LogP) is 5.35. The first-order valence-electron chi connectivity index (χ1n) is 10.8. The Morgan fingerprint density at radius 2 is 1.82 bits per heavy atom. The van der Waals surface area contributed by atoms with E-state index in [-0.39, 0.29) is 11.6 Å². The van der Waals surface area contributed by atoms with Gasteiger partial charge in [0.25, 0.3) is 0 Å². The predicted molar refractivity (Wildman–Crippen MR) is 129 cm³/mol. The Bertz CT molecular complexity index is 1460. The Kier molecular flexibility index (Phi) is 5.44. The molecular weight excluding hydrogens is 428 g/mol. The van der Waals surface area contributed by atoms with Crippen molar-refractivity contribution in [1.82, 2.24) is 0 Å². The van der Waals surface area contributed by atoms with Gasteiger partial charge in [0.05, 0.1) is 13.0 Å². The van der Waals surface area contributed by atoms with Gasteiger partial charge in [-0.2, -0.15) is 5.26 Å². The van der Waals surface area contributed by atoms with Crippen LogP contribution in [0.25, 0.3) is 10.8 Å². The van der Waals surface area contributed by atoms with E-state index in [0.29, 0.717) is 29.4 Å². The number of hydrogen-bond donors (Lipinski definition) is 2. The van der Waals surface area contributed by atoms with Crippen LogP contribution in [0.15, 0.2) is 90.3 Å². The summed E-state index contributed by atoms with van der Waals surface area (Å²) in [6, 6.07) is 26.8. The van der Waals surface area contributed by atoms with Gasteiger partial charge in [0.2, 0.25) is 5.88 Å². The zero-order chi connectivity index (χ0) is 23.7. The summed E-state index contributed by atoms with van der Waals surface area (Å²) < 4.78 is 17.4. The number of nitriles is 1. The molecule has 34 heavy (non-hydrogen) atoms. The molecule has 0 aromatic heterocycles. The number of rotatable bonds is 5. The maximum atomic E-state index is 9.85. The molecule has 1 heterocycles. The lowest BCUT2D eigenvalue weighted by Gasteiger charge is -2.27. The van der Waals surface area contributed by atoms with Crippen LogP contribution in [0.3, 0.4) is 0 Å². The summed E-state index contributed by atoms with van der Waals surface area (Å²) in [5, 5.41) is 21.9. The van der Waals surface area contributed by atoms with Gasteiger partial charge in [-0.25, -0.2) is 0 Å². The minimum atomic E-state index is -0.463. The highest BCUT2D eigenvalue weighted by Gasteiger charge is 2.31. The van der Waals surface area contributed by atoms with E-state index in [1.165, 1.54) is 6.07 Å². The van der Waals surface area contributed by atoms with Gasteiger partial charge in [-0.3, -0.25) is 0 Å². The van der Waals surface area contributed by atoms with Gasteiger partial charge >= 0.3 is 0 Å². The van der Waals surface area contributed by atoms with Crippen LogP contribution in [0.5, 0.6) is 23.0 Å². The number of phenols is 1. The van der Waals surface area contributed by atoms with Crippen LogP contribution in [0.2, 0.25) is 0 Å². The van der Waals surface area contributed by atoms with Crippen LogP contribution in [-0.4, -0.2) is 12.2 Å². The normalized spacial score (nSPS) is 14.8. The Morgan fingerprint density at radius 3 is 2.65 bits per heavy atom. The zero-order valence-corrected chi connectivity index (χ0v) is 18.5. The molecule has 0 unspecified atom stereocenters. The summed E-state index contributed by atoms with van der Waals surface area (Å²) in [5.74, 6) is 1.15. The number of methoxy groups -OCH3 is 1. The Labute approximate surface area is 197 Å². The number of allylic oxidation sites excluding steroid dienone is 1. The van der Waals surface area contributed by atoms with E-state index in [0.717, 1.165) is 27.5 Å². The largest absolute Gasteiger partial charge is 0.508 e. The molecule has 0 amide bonds. The second-order valence-corrected chi connectivity index (χ2v) is 7.98. The van der Waals surface area contributed by atoms with Crippen molar-refractivity contribution in [3.05, 3.63) is 107 Å². The molecule has 4 aromatic carbocycles. The van der Waals surface area contributed by atoms with Gasteiger partial charge in [0.15, 0.2) is 11.5 Å². The van der Waals surface area contributed by atoms with Crippen molar-refractivity contribution in [2.45, 2.75) is 12.5 Å². The molecule has 1 aliphatic heterocycles. The van der Waals surface area contributed by atoms with E-state index in [1.54, 1.807) is 19.2 Å². The molecule has 4 aromatic rings.